The predicted molar refractivity (Wildman–Crippen MR) is 122 cm³/mol. The fraction of sp³-hybridized carbons (Fsp3) is 0.474. The van der Waals surface area contributed by atoms with Crippen molar-refractivity contribution in [3.8, 4) is 16.3 Å². The van der Waals surface area contributed by atoms with E-state index < -0.39 is 16.3 Å². The summed E-state index contributed by atoms with van der Waals surface area (Å²) in [6, 6.07) is 7.54. The van der Waals surface area contributed by atoms with Crippen molar-refractivity contribution >= 4 is 33.5 Å². The standard InChI is InChI=1S/C19H29N5O5S2/c1-23(2)12-13-29-16-8-6-15(7-9-16)18-22-17(14-30-18)24(19(25)26)11-5-3-4-10-21-31(20,27)28/h6-9,14,21H,3-5,10-13H2,1-2H3,(H,25,26)(H2,20,27,28). The SMILES string of the molecule is CN(C)CCOc1ccc(-c2nc(N(CCCCCNS(N)(=O)=O)C(=O)O)cs2)cc1. The molecule has 0 saturated heterocycles. The Hall–Kier alpha value is -2.25. The number of amides is 1. The zero-order valence-electron chi connectivity index (χ0n) is 17.7. The molecule has 0 radical (unpaired) electrons. The van der Waals surface area contributed by atoms with Gasteiger partial charge in [0.25, 0.3) is 10.2 Å². The second-order valence-corrected chi connectivity index (χ2v) is 9.36. The van der Waals surface area contributed by atoms with Crippen LogP contribution in [0.2, 0.25) is 0 Å². The summed E-state index contributed by atoms with van der Waals surface area (Å²) >= 11 is 1.37. The summed E-state index contributed by atoms with van der Waals surface area (Å²) in [4.78, 5) is 19.4. The largest absolute Gasteiger partial charge is 0.492 e. The Balaban J connectivity index is 1.90. The van der Waals surface area contributed by atoms with Crippen molar-refractivity contribution in [1.29, 1.82) is 0 Å². The lowest BCUT2D eigenvalue weighted by Crippen LogP contribution is -2.32. The minimum Gasteiger partial charge on any atom is -0.492 e. The summed E-state index contributed by atoms with van der Waals surface area (Å²) in [5.41, 5.74) is 0.885. The van der Waals surface area contributed by atoms with Gasteiger partial charge in [-0.2, -0.15) is 8.42 Å². The zero-order chi connectivity index (χ0) is 22.9. The van der Waals surface area contributed by atoms with E-state index in [1.54, 1.807) is 5.38 Å². The molecule has 4 N–H and O–H groups in total. The van der Waals surface area contributed by atoms with Crippen LogP contribution in [0.15, 0.2) is 29.6 Å². The Labute approximate surface area is 186 Å². The number of aromatic nitrogens is 1. The van der Waals surface area contributed by atoms with Gasteiger partial charge in [0.05, 0.1) is 0 Å². The van der Waals surface area contributed by atoms with E-state index in [2.05, 4.69) is 9.71 Å². The number of ether oxygens (including phenoxy) is 1. The number of anilines is 1. The van der Waals surface area contributed by atoms with E-state index >= 15 is 0 Å². The molecule has 0 aliphatic heterocycles. The number of carbonyl (C=O) groups is 1. The number of hydrogen-bond donors (Lipinski definition) is 3. The zero-order valence-corrected chi connectivity index (χ0v) is 19.3. The average Bonchev–Trinajstić information content (AvgIpc) is 3.16. The number of nitrogens with two attached hydrogens (primary N) is 1. The van der Waals surface area contributed by atoms with Gasteiger partial charge in [0.2, 0.25) is 0 Å². The van der Waals surface area contributed by atoms with E-state index in [9.17, 15) is 18.3 Å². The number of unbranched alkanes of at least 4 members (excludes halogenated alkanes) is 2. The summed E-state index contributed by atoms with van der Waals surface area (Å²) in [6.45, 7) is 1.92. The third kappa shape index (κ3) is 9.19. The van der Waals surface area contributed by atoms with Gasteiger partial charge in [-0.3, -0.25) is 4.90 Å². The molecule has 1 aromatic carbocycles. The van der Waals surface area contributed by atoms with Gasteiger partial charge in [-0.1, -0.05) is 6.42 Å². The first-order valence-corrected chi connectivity index (χ1v) is 12.2. The van der Waals surface area contributed by atoms with Crippen LogP contribution in [0, 0.1) is 0 Å². The third-order valence-electron chi connectivity index (χ3n) is 4.27. The lowest BCUT2D eigenvalue weighted by Gasteiger charge is -2.16. The number of nitrogens with one attached hydrogen (secondary N) is 1. The Morgan fingerprint density at radius 2 is 1.90 bits per heavy atom. The topological polar surface area (TPSA) is 138 Å². The first-order valence-electron chi connectivity index (χ1n) is 9.77. The molecule has 2 rings (SSSR count). The Bertz CT molecular complexity index is 931. The van der Waals surface area contributed by atoms with Crippen molar-refractivity contribution in [3.63, 3.8) is 0 Å². The molecule has 1 aromatic heterocycles. The van der Waals surface area contributed by atoms with Gasteiger partial charge in [-0.15, -0.1) is 11.3 Å². The van der Waals surface area contributed by atoms with Crippen molar-refractivity contribution in [2.75, 3.05) is 45.2 Å². The Kier molecular flexibility index (Phi) is 9.65. The van der Waals surface area contributed by atoms with Gasteiger partial charge in [0.1, 0.15) is 23.2 Å². The molecular weight excluding hydrogens is 442 g/mol. The minimum absolute atomic E-state index is 0.224. The van der Waals surface area contributed by atoms with Crippen LogP contribution in [-0.4, -0.2) is 69.8 Å². The van der Waals surface area contributed by atoms with Crippen LogP contribution in [0.4, 0.5) is 10.6 Å². The van der Waals surface area contributed by atoms with E-state index in [1.165, 1.54) is 16.2 Å². The van der Waals surface area contributed by atoms with Crippen molar-refractivity contribution in [3.05, 3.63) is 29.6 Å². The smallest absolute Gasteiger partial charge is 0.413 e. The molecule has 1 heterocycles. The fourth-order valence-electron chi connectivity index (χ4n) is 2.66. The molecule has 10 nitrogen and oxygen atoms in total. The maximum atomic E-state index is 11.7. The van der Waals surface area contributed by atoms with Gasteiger partial charge in [0, 0.05) is 30.6 Å². The highest BCUT2D eigenvalue weighted by Crippen LogP contribution is 2.29. The van der Waals surface area contributed by atoms with Gasteiger partial charge >= 0.3 is 6.09 Å². The van der Waals surface area contributed by atoms with Crippen LogP contribution in [0.5, 0.6) is 5.75 Å². The quantitative estimate of drug-likeness (QED) is 0.381. The molecule has 0 fully saturated rings. The van der Waals surface area contributed by atoms with Crippen LogP contribution in [0.3, 0.4) is 0 Å². The average molecular weight is 472 g/mol. The minimum atomic E-state index is -3.69. The molecular formula is C19H29N5O5S2. The van der Waals surface area contributed by atoms with Gasteiger partial charge in [0.15, 0.2) is 0 Å². The van der Waals surface area contributed by atoms with Gasteiger partial charge < -0.3 is 14.7 Å². The molecule has 0 aliphatic carbocycles. The number of rotatable bonds is 13. The number of hydrogen-bond acceptors (Lipinski definition) is 7. The van der Waals surface area contributed by atoms with E-state index in [4.69, 9.17) is 9.88 Å². The van der Waals surface area contributed by atoms with E-state index in [0.717, 1.165) is 22.9 Å². The first-order chi connectivity index (χ1) is 14.7. The molecule has 12 heteroatoms. The highest BCUT2D eigenvalue weighted by molar-refractivity contribution is 7.87. The highest BCUT2D eigenvalue weighted by Gasteiger charge is 2.18. The molecule has 172 valence electrons. The van der Waals surface area contributed by atoms with Gasteiger partial charge in [-0.25, -0.2) is 19.6 Å². The summed E-state index contributed by atoms with van der Waals surface area (Å²) in [7, 11) is 0.278. The molecule has 0 spiro atoms. The van der Waals surface area contributed by atoms with Crippen molar-refractivity contribution < 1.29 is 23.1 Å². The Morgan fingerprint density at radius 3 is 2.52 bits per heavy atom. The van der Waals surface area contributed by atoms with E-state index in [1.807, 2.05) is 43.3 Å². The summed E-state index contributed by atoms with van der Waals surface area (Å²) < 4.78 is 29.5. The molecule has 0 atom stereocenters. The normalized spacial score (nSPS) is 11.6. The predicted octanol–water partition coefficient (Wildman–Crippen LogP) is 2.20. The second kappa shape index (κ2) is 12.0. The van der Waals surface area contributed by atoms with E-state index in [-0.39, 0.29) is 13.1 Å². The summed E-state index contributed by atoms with van der Waals surface area (Å²) in [6.07, 6.45) is 0.710. The van der Waals surface area contributed by atoms with Crippen molar-refractivity contribution in [2.45, 2.75) is 19.3 Å². The number of thiazole rings is 1. The van der Waals surface area contributed by atoms with Crippen LogP contribution < -0.4 is 19.5 Å². The highest BCUT2D eigenvalue weighted by atomic mass is 32.2. The summed E-state index contributed by atoms with van der Waals surface area (Å²) in [5.74, 6) is 1.15. The monoisotopic (exact) mass is 471 g/mol. The molecule has 0 unspecified atom stereocenters. The lowest BCUT2D eigenvalue weighted by atomic mass is 10.2. The maximum Gasteiger partial charge on any atom is 0.413 e. The summed E-state index contributed by atoms with van der Waals surface area (Å²) in [5, 5.41) is 16.8. The third-order valence-corrected chi connectivity index (χ3v) is 5.76. The fourth-order valence-corrected chi connectivity index (χ4v) is 3.90. The number of carboxylic acid groups (broad SMARTS) is 1. The van der Waals surface area contributed by atoms with Crippen LogP contribution in [0.1, 0.15) is 19.3 Å². The van der Waals surface area contributed by atoms with Crippen LogP contribution in [0.25, 0.3) is 10.6 Å². The Morgan fingerprint density at radius 1 is 1.19 bits per heavy atom. The number of benzene rings is 1. The first kappa shape index (κ1) is 25.0. The molecule has 0 bridgehead atoms. The van der Waals surface area contributed by atoms with E-state index in [0.29, 0.717) is 31.7 Å². The molecule has 1 amide bonds. The molecule has 0 aliphatic rings. The molecule has 0 saturated carbocycles. The van der Waals surface area contributed by atoms with Crippen molar-refractivity contribution in [2.24, 2.45) is 5.14 Å². The van der Waals surface area contributed by atoms with Gasteiger partial charge in [-0.05, 0) is 51.2 Å². The molecule has 31 heavy (non-hydrogen) atoms. The van der Waals surface area contributed by atoms with Crippen LogP contribution in [-0.2, 0) is 10.2 Å². The number of nitrogens with zero attached hydrogens (tertiary/aromatic N) is 3. The molecule has 2 aromatic rings. The number of likely N-dealkylation sites (N-methyl/N-ethyl adjacent to an activating group) is 1. The second-order valence-electron chi connectivity index (χ2n) is 7.12. The lowest BCUT2D eigenvalue weighted by molar-refractivity contribution is 0.201. The van der Waals surface area contributed by atoms with Crippen LogP contribution >= 0.6 is 11.3 Å². The maximum absolute atomic E-state index is 11.7. The van der Waals surface area contributed by atoms with Crippen molar-refractivity contribution in [1.82, 2.24) is 14.6 Å².